The number of nitrogens with one attached hydrogen (secondary N) is 1. The van der Waals surface area contributed by atoms with Crippen LogP contribution >= 0.6 is 31.9 Å². The van der Waals surface area contributed by atoms with Crippen LogP contribution in [0.2, 0.25) is 0 Å². The fourth-order valence-corrected chi connectivity index (χ4v) is 4.01. The minimum atomic E-state index is -3.64. The Kier molecular flexibility index (Phi) is 4.32. The lowest BCUT2D eigenvalue weighted by molar-refractivity contribution is 0.600. The Morgan fingerprint density at radius 3 is 2.74 bits per heavy atom. The SMILES string of the molecule is CCn1cc(NS(=O)(=O)c2cc(Br)ccc2Br)cn1. The Morgan fingerprint density at radius 2 is 2.11 bits per heavy atom. The molecule has 0 unspecified atom stereocenters. The smallest absolute Gasteiger partial charge is 0.263 e. The van der Waals surface area contributed by atoms with Gasteiger partial charge in [-0.15, -0.1) is 0 Å². The normalized spacial score (nSPS) is 11.5. The van der Waals surface area contributed by atoms with Crippen molar-refractivity contribution in [2.24, 2.45) is 0 Å². The molecule has 0 saturated carbocycles. The summed E-state index contributed by atoms with van der Waals surface area (Å²) in [7, 11) is -3.64. The number of hydrogen-bond donors (Lipinski definition) is 1. The molecular formula is C11H11Br2N3O2S. The highest BCUT2D eigenvalue weighted by atomic mass is 79.9. The number of aryl methyl sites for hydroxylation is 1. The van der Waals surface area contributed by atoms with E-state index in [9.17, 15) is 8.42 Å². The number of anilines is 1. The summed E-state index contributed by atoms with van der Waals surface area (Å²) in [5, 5.41) is 4.02. The minimum absolute atomic E-state index is 0.172. The topological polar surface area (TPSA) is 64.0 Å². The van der Waals surface area contributed by atoms with E-state index in [2.05, 4.69) is 41.7 Å². The number of halogens is 2. The molecule has 1 aromatic heterocycles. The summed E-state index contributed by atoms with van der Waals surface area (Å²) < 4.78 is 29.9. The average molecular weight is 409 g/mol. The number of nitrogens with zero attached hydrogens (tertiary/aromatic N) is 2. The van der Waals surface area contributed by atoms with Gasteiger partial charge in [-0.25, -0.2) is 8.42 Å². The first-order valence-corrected chi connectivity index (χ1v) is 8.49. The summed E-state index contributed by atoms with van der Waals surface area (Å²) in [6.07, 6.45) is 3.12. The van der Waals surface area contributed by atoms with E-state index in [1.807, 2.05) is 6.92 Å². The molecule has 0 aliphatic heterocycles. The molecule has 0 amide bonds. The summed E-state index contributed by atoms with van der Waals surface area (Å²) in [5.74, 6) is 0. The lowest BCUT2D eigenvalue weighted by Gasteiger charge is -2.08. The molecule has 0 aliphatic rings. The van der Waals surface area contributed by atoms with Gasteiger partial charge < -0.3 is 0 Å². The zero-order valence-corrected chi connectivity index (χ0v) is 14.0. The predicted octanol–water partition coefficient (Wildman–Crippen LogP) is 3.23. The van der Waals surface area contributed by atoms with Gasteiger partial charge >= 0.3 is 0 Å². The third-order valence-corrected chi connectivity index (χ3v) is 5.26. The Balaban J connectivity index is 2.34. The maximum atomic E-state index is 12.3. The van der Waals surface area contributed by atoms with Crippen LogP contribution in [0.3, 0.4) is 0 Å². The second-order valence-electron chi connectivity index (χ2n) is 3.76. The van der Waals surface area contributed by atoms with Crippen LogP contribution in [0.15, 0.2) is 44.4 Å². The van der Waals surface area contributed by atoms with Crippen LogP contribution in [0.25, 0.3) is 0 Å². The number of aromatic nitrogens is 2. The highest BCUT2D eigenvalue weighted by Gasteiger charge is 2.18. The van der Waals surface area contributed by atoms with Gasteiger partial charge in [0.05, 0.1) is 11.9 Å². The molecule has 0 aliphatic carbocycles. The van der Waals surface area contributed by atoms with Crippen LogP contribution in [0.5, 0.6) is 0 Å². The van der Waals surface area contributed by atoms with E-state index in [0.717, 1.165) is 0 Å². The Labute approximate surface area is 128 Å². The second kappa shape index (κ2) is 5.64. The molecule has 2 rings (SSSR count). The summed E-state index contributed by atoms with van der Waals surface area (Å²) in [6, 6.07) is 4.98. The maximum absolute atomic E-state index is 12.3. The lowest BCUT2D eigenvalue weighted by atomic mass is 10.4. The van der Waals surface area contributed by atoms with Gasteiger partial charge in [0.25, 0.3) is 10.0 Å². The maximum Gasteiger partial charge on any atom is 0.263 e. The molecule has 0 atom stereocenters. The molecule has 5 nitrogen and oxygen atoms in total. The molecule has 8 heteroatoms. The lowest BCUT2D eigenvalue weighted by Crippen LogP contribution is -2.13. The number of rotatable bonds is 4. The van der Waals surface area contributed by atoms with E-state index in [0.29, 0.717) is 21.2 Å². The Bertz CT molecular complexity index is 698. The molecule has 1 aromatic carbocycles. The molecule has 1 N–H and O–H groups in total. The molecule has 19 heavy (non-hydrogen) atoms. The highest BCUT2D eigenvalue weighted by molar-refractivity contribution is 9.11. The predicted molar refractivity (Wildman–Crippen MR) is 80.6 cm³/mol. The number of sulfonamides is 1. The van der Waals surface area contributed by atoms with Gasteiger partial charge in [0.1, 0.15) is 4.90 Å². The molecule has 102 valence electrons. The van der Waals surface area contributed by atoms with Crippen LogP contribution < -0.4 is 4.72 Å². The third-order valence-electron chi connectivity index (χ3n) is 2.39. The first kappa shape index (κ1) is 14.5. The minimum Gasteiger partial charge on any atom is -0.276 e. The zero-order valence-electron chi connectivity index (χ0n) is 9.97. The molecule has 0 radical (unpaired) electrons. The quantitative estimate of drug-likeness (QED) is 0.844. The summed E-state index contributed by atoms with van der Waals surface area (Å²) in [5.41, 5.74) is 0.439. The van der Waals surface area contributed by atoms with Gasteiger partial charge in [-0.1, -0.05) is 15.9 Å². The molecule has 0 saturated heterocycles. The van der Waals surface area contributed by atoms with E-state index in [1.54, 1.807) is 23.0 Å². The van der Waals surface area contributed by atoms with Gasteiger partial charge in [0.2, 0.25) is 0 Å². The van der Waals surface area contributed by atoms with Crippen molar-refractivity contribution in [3.8, 4) is 0 Å². The monoisotopic (exact) mass is 407 g/mol. The highest BCUT2D eigenvalue weighted by Crippen LogP contribution is 2.27. The molecule has 1 heterocycles. The van der Waals surface area contributed by atoms with Gasteiger partial charge in [-0.2, -0.15) is 5.10 Å². The van der Waals surface area contributed by atoms with Crippen molar-refractivity contribution in [1.29, 1.82) is 0 Å². The van der Waals surface area contributed by atoms with Gasteiger partial charge in [0.15, 0.2) is 0 Å². The van der Waals surface area contributed by atoms with Gasteiger partial charge in [0, 0.05) is 21.7 Å². The van der Waals surface area contributed by atoms with E-state index < -0.39 is 10.0 Å². The molecule has 0 bridgehead atoms. The van der Waals surface area contributed by atoms with Gasteiger partial charge in [-0.05, 0) is 41.1 Å². The first-order valence-electron chi connectivity index (χ1n) is 5.42. The number of hydrogen-bond acceptors (Lipinski definition) is 3. The van der Waals surface area contributed by atoms with Crippen molar-refractivity contribution in [2.45, 2.75) is 18.4 Å². The van der Waals surface area contributed by atoms with E-state index in [-0.39, 0.29) is 4.90 Å². The van der Waals surface area contributed by atoms with Crippen LogP contribution in [0.4, 0.5) is 5.69 Å². The standard InChI is InChI=1S/C11H11Br2N3O2S/c1-2-16-7-9(6-14-16)15-19(17,18)11-5-8(12)3-4-10(11)13/h3-7,15H,2H2,1H3. The van der Waals surface area contributed by atoms with Gasteiger partial charge in [-0.3, -0.25) is 9.40 Å². The fraction of sp³-hybridized carbons (Fsp3) is 0.182. The van der Waals surface area contributed by atoms with Crippen molar-refractivity contribution in [2.75, 3.05) is 4.72 Å². The van der Waals surface area contributed by atoms with Crippen LogP contribution in [0.1, 0.15) is 6.92 Å². The zero-order chi connectivity index (χ0) is 14.0. The average Bonchev–Trinajstić information content (AvgIpc) is 2.79. The Hall–Kier alpha value is -0.860. The van der Waals surface area contributed by atoms with Crippen LogP contribution in [-0.2, 0) is 16.6 Å². The largest absolute Gasteiger partial charge is 0.276 e. The van der Waals surface area contributed by atoms with E-state index in [1.165, 1.54) is 12.3 Å². The van der Waals surface area contributed by atoms with Crippen LogP contribution in [-0.4, -0.2) is 18.2 Å². The van der Waals surface area contributed by atoms with Crippen molar-refractivity contribution >= 4 is 47.6 Å². The molecular weight excluding hydrogens is 398 g/mol. The third kappa shape index (κ3) is 3.37. The fourth-order valence-electron chi connectivity index (χ4n) is 1.48. The number of benzene rings is 1. The summed E-state index contributed by atoms with van der Waals surface area (Å²) in [6.45, 7) is 2.61. The molecule has 0 spiro atoms. The molecule has 0 fully saturated rings. The second-order valence-corrected chi connectivity index (χ2v) is 7.19. The summed E-state index contributed by atoms with van der Waals surface area (Å²) >= 11 is 6.50. The van der Waals surface area contributed by atoms with Crippen molar-refractivity contribution < 1.29 is 8.42 Å². The van der Waals surface area contributed by atoms with Crippen molar-refractivity contribution in [3.63, 3.8) is 0 Å². The van der Waals surface area contributed by atoms with Crippen molar-refractivity contribution in [1.82, 2.24) is 9.78 Å². The first-order chi connectivity index (χ1) is 8.92. The van der Waals surface area contributed by atoms with Crippen LogP contribution in [0, 0.1) is 0 Å². The molecule has 2 aromatic rings. The van der Waals surface area contributed by atoms with Crippen molar-refractivity contribution in [3.05, 3.63) is 39.5 Å². The van der Waals surface area contributed by atoms with E-state index in [4.69, 9.17) is 0 Å². The Morgan fingerprint density at radius 1 is 1.37 bits per heavy atom. The van der Waals surface area contributed by atoms with E-state index >= 15 is 0 Å². The summed E-state index contributed by atoms with van der Waals surface area (Å²) in [4.78, 5) is 0.172.